The zero-order valence-corrected chi connectivity index (χ0v) is 20.1. The Hall–Kier alpha value is -2.91. The molecule has 184 valence electrons. The number of carbonyl (C=O) groups excluding carboxylic acids is 1. The van der Waals surface area contributed by atoms with Crippen LogP contribution in [0.4, 0.5) is 0 Å². The summed E-state index contributed by atoms with van der Waals surface area (Å²) in [6.07, 6.45) is 0.369. The SMILES string of the molecule is COC[C@@]1(C(O)OC)O[C@H]1C[C@H](C)C(=C(C)C)/C(O)=C(\OC(=O)c1ccco1)c1ccccc1. The van der Waals surface area contributed by atoms with Crippen LogP contribution in [0.25, 0.3) is 5.76 Å². The smallest absolute Gasteiger partial charge is 0.379 e. The fourth-order valence-corrected chi connectivity index (χ4v) is 4.21. The second kappa shape index (κ2) is 11.0. The summed E-state index contributed by atoms with van der Waals surface area (Å²) in [6, 6.07) is 12.0. The summed E-state index contributed by atoms with van der Waals surface area (Å²) in [4.78, 5) is 12.7. The van der Waals surface area contributed by atoms with Gasteiger partial charge in [-0.25, -0.2) is 4.79 Å². The van der Waals surface area contributed by atoms with Crippen molar-refractivity contribution in [1.82, 2.24) is 0 Å². The predicted octanol–water partition coefficient (Wildman–Crippen LogP) is 4.47. The number of benzene rings is 1. The van der Waals surface area contributed by atoms with Crippen LogP contribution in [0, 0.1) is 5.92 Å². The van der Waals surface area contributed by atoms with Gasteiger partial charge in [0.2, 0.25) is 5.76 Å². The maximum Gasteiger partial charge on any atom is 0.379 e. The molecule has 0 radical (unpaired) electrons. The van der Waals surface area contributed by atoms with Crippen molar-refractivity contribution in [3.05, 3.63) is 77.0 Å². The molecule has 1 fully saturated rings. The van der Waals surface area contributed by atoms with Crippen molar-refractivity contribution >= 4 is 11.7 Å². The molecule has 2 aromatic rings. The van der Waals surface area contributed by atoms with E-state index in [-0.39, 0.29) is 35.9 Å². The number of hydrogen-bond donors (Lipinski definition) is 2. The molecule has 0 aliphatic carbocycles. The Morgan fingerprint density at radius 3 is 2.41 bits per heavy atom. The normalized spacial score (nSPS) is 21.9. The number of hydrogen-bond acceptors (Lipinski definition) is 8. The molecule has 4 atom stereocenters. The fourth-order valence-electron chi connectivity index (χ4n) is 4.21. The molecule has 2 N–H and O–H groups in total. The highest BCUT2D eigenvalue weighted by molar-refractivity contribution is 5.91. The molecule has 3 rings (SSSR count). The van der Waals surface area contributed by atoms with Crippen molar-refractivity contribution in [1.29, 1.82) is 0 Å². The van der Waals surface area contributed by atoms with Gasteiger partial charge in [-0.05, 0) is 43.9 Å². The van der Waals surface area contributed by atoms with Crippen LogP contribution in [0.5, 0.6) is 0 Å². The van der Waals surface area contributed by atoms with Crippen molar-refractivity contribution in [2.45, 2.75) is 45.2 Å². The molecule has 0 spiro atoms. The summed E-state index contributed by atoms with van der Waals surface area (Å²) < 4.78 is 26.9. The third-order valence-electron chi connectivity index (χ3n) is 5.88. The van der Waals surface area contributed by atoms with Gasteiger partial charge in [-0.2, -0.15) is 0 Å². The average molecular weight is 473 g/mol. The number of esters is 1. The van der Waals surface area contributed by atoms with Crippen LogP contribution in [-0.2, 0) is 18.9 Å². The van der Waals surface area contributed by atoms with Gasteiger partial charge in [0.05, 0.1) is 19.0 Å². The van der Waals surface area contributed by atoms with Gasteiger partial charge in [-0.3, -0.25) is 0 Å². The third-order valence-corrected chi connectivity index (χ3v) is 5.88. The summed E-state index contributed by atoms with van der Waals surface area (Å²) in [7, 11) is 2.93. The summed E-state index contributed by atoms with van der Waals surface area (Å²) in [5.41, 5.74) is 1.03. The van der Waals surface area contributed by atoms with Gasteiger partial charge in [-0.1, -0.05) is 42.8 Å². The summed E-state index contributed by atoms with van der Waals surface area (Å²) in [5.74, 6) is -1.02. The first-order valence-electron chi connectivity index (χ1n) is 11.0. The number of furan rings is 1. The number of ether oxygens (including phenoxy) is 4. The van der Waals surface area contributed by atoms with E-state index in [1.54, 1.807) is 30.3 Å². The van der Waals surface area contributed by atoms with E-state index in [2.05, 4.69) is 0 Å². The lowest BCUT2D eigenvalue weighted by atomic mass is 9.87. The van der Waals surface area contributed by atoms with E-state index in [0.29, 0.717) is 17.6 Å². The van der Waals surface area contributed by atoms with E-state index in [4.69, 9.17) is 23.4 Å². The fraction of sp³-hybridized carbons (Fsp3) is 0.423. The Balaban J connectivity index is 1.93. The minimum Gasteiger partial charge on any atom is -0.504 e. The van der Waals surface area contributed by atoms with Crippen molar-refractivity contribution in [3.63, 3.8) is 0 Å². The molecular formula is C26H32O8. The van der Waals surface area contributed by atoms with E-state index in [9.17, 15) is 15.0 Å². The molecule has 1 aliphatic rings. The lowest BCUT2D eigenvalue weighted by Gasteiger charge is -2.22. The molecule has 8 heteroatoms. The molecule has 0 bridgehead atoms. The van der Waals surface area contributed by atoms with Gasteiger partial charge >= 0.3 is 5.97 Å². The van der Waals surface area contributed by atoms with Crippen molar-refractivity contribution in [2.75, 3.05) is 20.8 Å². The van der Waals surface area contributed by atoms with Crippen LogP contribution in [0.15, 0.2) is 70.1 Å². The van der Waals surface area contributed by atoms with Crippen LogP contribution in [0.1, 0.15) is 43.3 Å². The molecule has 1 unspecified atom stereocenters. The van der Waals surface area contributed by atoms with Crippen LogP contribution >= 0.6 is 0 Å². The van der Waals surface area contributed by atoms with E-state index in [1.807, 2.05) is 26.8 Å². The molecule has 0 saturated carbocycles. The number of aliphatic hydroxyl groups excluding tert-OH is 2. The number of aliphatic hydroxyl groups is 2. The second-order valence-electron chi connectivity index (χ2n) is 8.54. The molecule has 2 heterocycles. The van der Waals surface area contributed by atoms with Gasteiger partial charge in [0.25, 0.3) is 0 Å². The van der Waals surface area contributed by atoms with Crippen molar-refractivity contribution in [3.8, 4) is 0 Å². The summed E-state index contributed by atoms with van der Waals surface area (Å²) in [6.45, 7) is 5.85. The van der Waals surface area contributed by atoms with Gasteiger partial charge in [0, 0.05) is 19.8 Å². The summed E-state index contributed by atoms with van der Waals surface area (Å²) in [5, 5.41) is 21.7. The van der Waals surface area contributed by atoms with Crippen molar-refractivity contribution in [2.24, 2.45) is 5.92 Å². The Labute approximate surface area is 199 Å². The highest BCUT2D eigenvalue weighted by Gasteiger charge is 2.62. The van der Waals surface area contributed by atoms with Crippen LogP contribution in [0.3, 0.4) is 0 Å². The predicted molar refractivity (Wildman–Crippen MR) is 125 cm³/mol. The Bertz CT molecular complexity index is 1020. The van der Waals surface area contributed by atoms with Gasteiger partial charge in [-0.15, -0.1) is 0 Å². The lowest BCUT2D eigenvalue weighted by molar-refractivity contribution is -0.136. The molecule has 0 amide bonds. The van der Waals surface area contributed by atoms with E-state index in [1.165, 1.54) is 26.5 Å². The monoisotopic (exact) mass is 472 g/mol. The largest absolute Gasteiger partial charge is 0.504 e. The highest BCUT2D eigenvalue weighted by atomic mass is 16.7. The van der Waals surface area contributed by atoms with Gasteiger partial charge in [0.1, 0.15) is 0 Å². The zero-order chi connectivity index (χ0) is 24.9. The van der Waals surface area contributed by atoms with Gasteiger partial charge in [0.15, 0.2) is 23.4 Å². The Morgan fingerprint density at radius 2 is 1.85 bits per heavy atom. The standard InChI is InChI=1S/C26H32O8/c1-16(2)21(17(3)14-20-26(34-20,15-30-4)25(29)31-5)22(27)23(18-10-7-6-8-11-18)33-24(28)19-12-9-13-32-19/h6-13,17,20,25,27,29H,14-15H2,1-5H3/b23-22+/t17-,20-,25?,26+/m0/s1. The topological polar surface area (TPSA) is 111 Å². The molecule has 1 aliphatic heterocycles. The minimum atomic E-state index is -1.14. The molecule has 8 nitrogen and oxygen atoms in total. The number of carbonyl (C=O) groups is 1. The van der Waals surface area contributed by atoms with Crippen molar-refractivity contribution < 1.29 is 38.4 Å². The number of epoxide rings is 1. The van der Waals surface area contributed by atoms with Crippen LogP contribution < -0.4 is 0 Å². The highest BCUT2D eigenvalue weighted by Crippen LogP contribution is 2.46. The second-order valence-corrected chi connectivity index (χ2v) is 8.54. The molecule has 1 aromatic heterocycles. The molecule has 1 saturated heterocycles. The molecular weight excluding hydrogens is 440 g/mol. The average Bonchev–Trinajstić information content (AvgIpc) is 3.22. The Kier molecular flexibility index (Phi) is 8.33. The third kappa shape index (κ3) is 5.42. The Morgan fingerprint density at radius 1 is 1.15 bits per heavy atom. The first-order chi connectivity index (χ1) is 16.2. The van der Waals surface area contributed by atoms with E-state index >= 15 is 0 Å². The van der Waals surface area contributed by atoms with Crippen LogP contribution in [0.2, 0.25) is 0 Å². The minimum absolute atomic E-state index is 0.0253. The zero-order valence-electron chi connectivity index (χ0n) is 20.1. The van der Waals surface area contributed by atoms with E-state index < -0.39 is 17.9 Å². The molecule has 1 aromatic carbocycles. The molecule has 34 heavy (non-hydrogen) atoms. The first kappa shape index (κ1) is 25.7. The quantitative estimate of drug-likeness (QED) is 0.162. The summed E-state index contributed by atoms with van der Waals surface area (Å²) >= 11 is 0. The van der Waals surface area contributed by atoms with E-state index in [0.717, 1.165) is 5.57 Å². The van der Waals surface area contributed by atoms with Crippen LogP contribution in [-0.4, -0.2) is 55.0 Å². The number of methoxy groups -OCH3 is 2. The number of allylic oxidation sites excluding steroid dienone is 2. The van der Waals surface area contributed by atoms with Gasteiger partial charge < -0.3 is 33.6 Å². The number of rotatable bonds is 11. The first-order valence-corrected chi connectivity index (χ1v) is 11.0. The maximum atomic E-state index is 12.7. The maximum absolute atomic E-state index is 12.7. The lowest BCUT2D eigenvalue weighted by Crippen LogP contribution is -2.38.